The SMILES string of the molecule is CC.CC.CC1Nc2ccccc2O1. The van der Waals surface area contributed by atoms with E-state index in [2.05, 4.69) is 5.32 Å². The third kappa shape index (κ3) is 3.29. The molecule has 0 aliphatic carbocycles. The van der Waals surface area contributed by atoms with Gasteiger partial charge in [0.05, 0.1) is 5.69 Å². The Kier molecular flexibility index (Phi) is 6.63. The predicted octanol–water partition coefficient (Wildman–Crippen LogP) is 3.89. The summed E-state index contributed by atoms with van der Waals surface area (Å²) in [6.45, 7) is 9.99. The lowest BCUT2D eigenvalue weighted by Gasteiger charge is -2.00. The van der Waals surface area contributed by atoms with Gasteiger partial charge in [0, 0.05) is 0 Å². The highest BCUT2D eigenvalue weighted by Gasteiger charge is 2.15. The molecule has 0 spiro atoms. The van der Waals surface area contributed by atoms with Crippen molar-refractivity contribution in [2.45, 2.75) is 40.8 Å². The molecule has 1 aliphatic heterocycles. The Morgan fingerprint density at radius 3 is 2.21 bits per heavy atom. The number of fused-ring (bicyclic) bond motifs is 1. The number of hydrogen-bond donors (Lipinski definition) is 1. The molecular weight excluding hydrogens is 174 g/mol. The van der Waals surface area contributed by atoms with E-state index in [-0.39, 0.29) is 6.23 Å². The summed E-state index contributed by atoms with van der Waals surface area (Å²) in [7, 11) is 0. The normalized spacial score (nSPS) is 15.9. The molecule has 2 heteroatoms. The minimum absolute atomic E-state index is 0.123. The van der Waals surface area contributed by atoms with Crippen LogP contribution in [0.4, 0.5) is 5.69 Å². The van der Waals surface area contributed by atoms with Gasteiger partial charge in [-0.1, -0.05) is 39.8 Å². The van der Waals surface area contributed by atoms with E-state index in [0.29, 0.717) is 0 Å². The van der Waals surface area contributed by atoms with Gasteiger partial charge in [-0.15, -0.1) is 0 Å². The van der Waals surface area contributed by atoms with Crippen molar-refractivity contribution in [3.63, 3.8) is 0 Å². The van der Waals surface area contributed by atoms with Crippen LogP contribution in [0.25, 0.3) is 0 Å². The van der Waals surface area contributed by atoms with E-state index in [1.807, 2.05) is 58.9 Å². The van der Waals surface area contributed by atoms with E-state index < -0.39 is 0 Å². The zero-order chi connectivity index (χ0) is 11.0. The molecule has 1 aromatic rings. The Balaban J connectivity index is 0.000000379. The van der Waals surface area contributed by atoms with Gasteiger partial charge in [0.1, 0.15) is 5.75 Å². The highest BCUT2D eigenvalue weighted by Crippen LogP contribution is 2.30. The average Bonchev–Trinajstić information content (AvgIpc) is 2.64. The second-order valence-corrected chi connectivity index (χ2v) is 2.40. The van der Waals surface area contributed by atoms with Gasteiger partial charge >= 0.3 is 0 Å². The van der Waals surface area contributed by atoms with E-state index in [0.717, 1.165) is 11.4 Å². The van der Waals surface area contributed by atoms with Crippen molar-refractivity contribution in [2.75, 3.05) is 5.32 Å². The van der Waals surface area contributed by atoms with Crippen LogP contribution in [0.15, 0.2) is 24.3 Å². The molecule has 0 saturated heterocycles. The van der Waals surface area contributed by atoms with Crippen LogP contribution >= 0.6 is 0 Å². The lowest BCUT2D eigenvalue weighted by molar-refractivity contribution is 0.275. The van der Waals surface area contributed by atoms with Gasteiger partial charge in [-0.25, -0.2) is 0 Å². The molecule has 0 saturated carbocycles. The first-order valence-corrected chi connectivity index (χ1v) is 5.38. The first-order chi connectivity index (χ1) is 6.86. The number of hydrogen-bond acceptors (Lipinski definition) is 2. The quantitative estimate of drug-likeness (QED) is 0.678. The molecule has 2 rings (SSSR count). The van der Waals surface area contributed by atoms with Gasteiger partial charge in [0.15, 0.2) is 6.23 Å². The Morgan fingerprint density at radius 2 is 1.64 bits per heavy atom. The maximum absolute atomic E-state index is 5.40. The van der Waals surface area contributed by atoms with E-state index >= 15 is 0 Å². The number of benzene rings is 1. The fraction of sp³-hybridized carbons (Fsp3) is 0.500. The summed E-state index contributed by atoms with van der Waals surface area (Å²) in [4.78, 5) is 0. The van der Waals surface area contributed by atoms with Crippen LogP contribution in [-0.2, 0) is 0 Å². The fourth-order valence-corrected chi connectivity index (χ4v) is 1.13. The van der Waals surface area contributed by atoms with Crippen molar-refractivity contribution in [3.8, 4) is 5.75 Å². The summed E-state index contributed by atoms with van der Waals surface area (Å²) < 4.78 is 5.40. The lowest BCUT2D eigenvalue weighted by Crippen LogP contribution is -2.13. The second-order valence-electron chi connectivity index (χ2n) is 2.40. The molecule has 0 fully saturated rings. The molecule has 1 heterocycles. The zero-order valence-corrected chi connectivity index (χ0v) is 9.79. The fourth-order valence-electron chi connectivity index (χ4n) is 1.13. The Labute approximate surface area is 87.3 Å². The molecule has 80 valence electrons. The van der Waals surface area contributed by atoms with E-state index in [1.165, 1.54) is 0 Å². The summed E-state index contributed by atoms with van der Waals surface area (Å²) in [6.07, 6.45) is 0.123. The van der Waals surface area contributed by atoms with Crippen molar-refractivity contribution >= 4 is 5.69 Å². The van der Waals surface area contributed by atoms with Gasteiger partial charge in [0.25, 0.3) is 0 Å². The Hall–Kier alpha value is -1.18. The van der Waals surface area contributed by atoms with E-state index in [1.54, 1.807) is 0 Å². The smallest absolute Gasteiger partial charge is 0.167 e. The van der Waals surface area contributed by atoms with Crippen LogP contribution < -0.4 is 10.1 Å². The van der Waals surface area contributed by atoms with Crippen molar-refractivity contribution in [2.24, 2.45) is 0 Å². The van der Waals surface area contributed by atoms with Gasteiger partial charge in [0.2, 0.25) is 0 Å². The number of anilines is 1. The number of rotatable bonds is 0. The largest absolute Gasteiger partial charge is 0.469 e. The van der Waals surface area contributed by atoms with Crippen LogP contribution in [0.1, 0.15) is 34.6 Å². The molecule has 0 aromatic heterocycles. The third-order valence-electron chi connectivity index (χ3n) is 1.55. The van der Waals surface area contributed by atoms with Crippen LogP contribution in [0.5, 0.6) is 5.75 Å². The molecule has 1 unspecified atom stereocenters. The van der Waals surface area contributed by atoms with Crippen molar-refractivity contribution < 1.29 is 4.74 Å². The molecule has 1 aliphatic rings. The molecule has 14 heavy (non-hydrogen) atoms. The maximum Gasteiger partial charge on any atom is 0.167 e. The molecule has 1 aromatic carbocycles. The van der Waals surface area contributed by atoms with Gasteiger partial charge in [-0.3, -0.25) is 0 Å². The minimum atomic E-state index is 0.123. The monoisotopic (exact) mass is 195 g/mol. The number of nitrogens with one attached hydrogen (secondary N) is 1. The summed E-state index contributed by atoms with van der Waals surface area (Å²) in [5, 5.41) is 3.18. The van der Waals surface area contributed by atoms with Gasteiger partial charge < -0.3 is 10.1 Å². The average molecular weight is 195 g/mol. The molecule has 0 bridgehead atoms. The molecule has 0 amide bonds. The molecule has 2 nitrogen and oxygen atoms in total. The molecule has 1 N–H and O–H groups in total. The highest BCUT2D eigenvalue weighted by molar-refractivity contribution is 5.59. The molecule has 0 radical (unpaired) electrons. The molecule has 1 atom stereocenters. The second kappa shape index (κ2) is 7.25. The highest BCUT2D eigenvalue weighted by atomic mass is 16.5. The summed E-state index contributed by atoms with van der Waals surface area (Å²) in [5.41, 5.74) is 1.09. The van der Waals surface area contributed by atoms with Crippen molar-refractivity contribution in [1.29, 1.82) is 0 Å². The predicted molar refractivity (Wildman–Crippen MR) is 62.9 cm³/mol. The maximum atomic E-state index is 5.40. The first kappa shape index (κ1) is 12.8. The summed E-state index contributed by atoms with van der Waals surface area (Å²) in [5.74, 6) is 0.954. The van der Waals surface area contributed by atoms with Crippen molar-refractivity contribution in [1.82, 2.24) is 0 Å². The van der Waals surface area contributed by atoms with Crippen molar-refractivity contribution in [3.05, 3.63) is 24.3 Å². The summed E-state index contributed by atoms with van der Waals surface area (Å²) in [6, 6.07) is 7.94. The lowest BCUT2D eigenvalue weighted by atomic mass is 10.3. The molecular formula is C12H21NO. The Morgan fingerprint density at radius 1 is 1.07 bits per heavy atom. The third-order valence-corrected chi connectivity index (χ3v) is 1.55. The van der Waals surface area contributed by atoms with Gasteiger partial charge in [-0.2, -0.15) is 0 Å². The standard InChI is InChI=1S/C8H9NO.2C2H6/c1-6-9-7-4-2-3-5-8(7)10-6;2*1-2/h2-6,9H,1H3;2*1-2H3. The minimum Gasteiger partial charge on any atom is -0.469 e. The topological polar surface area (TPSA) is 21.3 Å². The van der Waals surface area contributed by atoms with Crippen LogP contribution in [0, 0.1) is 0 Å². The van der Waals surface area contributed by atoms with E-state index in [4.69, 9.17) is 4.74 Å². The first-order valence-electron chi connectivity index (χ1n) is 5.38. The number of para-hydroxylation sites is 2. The van der Waals surface area contributed by atoms with Gasteiger partial charge in [-0.05, 0) is 19.1 Å². The summed E-state index contributed by atoms with van der Waals surface area (Å²) >= 11 is 0. The zero-order valence-electron chi connectivity index (χ0n) is 9.79. The van der Waals surface area contributed by atoms with Crippen LogP contribution in [0.2, 0.25) is 0 Å². The number of ether oxygens (including phenoxy) is 1. The van der Waals surface area contributed by atoms with Crippen LogP contribution in [0.3, 0.4) is 0 Å². The van der Waals surface area contributed by atoms with Crippen LogP contribution in [-0.4, -0.2) is 6.23 Å². The Bertz CT molecular complexity index is 223. The van der Waals surface area contributed by atoms with E-state index in [9.17, 15) is 0 Å².